The monoisotopic (exact) mass is 278 g/mol. The number of benzene rings is 1. The Morgan fingerprint density at radius 3 is 2.62 bits per heavy atom. The maximum atomic E-state index is 5.54. The highest BCUT2D eigenvalue weighted by Gasteiger charge is 2.01. The smallest absolute Gasteiger partial charge is 0.221 e. The van der Waals surface area contributed by atoms with E-state index in [0.29, 0.717) is 0 Å². The molecule has 2 rings (SSSR count). The van der Waals surface area contributed by atoms with Gasteiger partial charge in [0, 0.05) is 21.9 Å². The number of halogens is 1. The van der Waals surface area contributed by atoms with Gasteiger partial charge in [-0.2, -0.15) is 4.98 Å². The van der Waals surface area contributed by atoms with Gasteiger partial charge < -0.3 is 11.1 Å². The maximum absolute atomic E-state index is 5.54. The summed E-state index contributed by atoms with van der Waals surface area (Å²) in [5, 5.41) is 3.19. The molecule has 0 aliphatic heterocycles. The van der Waals surface area contributed by atoms with Crippen molar-refractivity contribution in [3.05, 3.63) is 40.5 Å². The quantitative estimate of drug-likeness (QED) is 0.887. The summed E-state index contributed by atoms with van der Waals surface area (Å²) in [5.74, 6) is 1.00. The Balaban J connectivity index is 2.26. The van der Waals surface area contributed by atoms with E-state index in [2.05, 4.69) is 31.2 Å². The fraction of sp³-hybridized carbons (Fsp3) is 0.0909. The molecule has 82 valence electrons. The first-order chi connectivity index (χ1) is 7.65. The van der Waals surface area contributed by atoms with E-state index in [4.69, 9.17) is 5.73 Å². The van der Waals surface area contributed by atoms with Crippen LogP contribution in [-0.4, -0.2) is 9.97 Å². The van der Waals surface area contributed by atoms with E-state index in [1.165, 1.54) is 0 Å². The second-order valence-electron chi connectivity index (χ2n) is 3.39. The molecule has 0 spiro atoms. The molecular formula is C11H11BrN4. The number of nitrogens with one attached hydrogen (secondary N) is 1. The van der Waals surface area contributed by atoms with E-state index in [-0.39, 0.29) is 5.95 Å². The predicted octanol–water partition coefficient (Wildman–Crippen LogP) is 2.87. The summed E-state index contributed by atoms with van der Waals surface area (Å²) in [6, 6.07) is 7.84. The van der Waals surface area contributed by atoms with E-state index < -0.39 is 0 Å². The second-order valence-corrected chi connectivity index (χ2v) is 4.31. The predicted molar refractivity (Wildman–Crippen MR) is 68.6 cm³/mol. The molecule has 0 fully saturated rings. The van der Waals surface area contributed by atoms with Crippen molar-refractivity contribution in [2.45, 2.75) is 6.92 Å². The number of aryl methyl sites for hydroxylation is 1. The van der Waals surface area contributed by atoms with Crippen LogP contribution >= 0.6 is 15.9 Å². The number of hydrogen-bond donors (Lipinski definition) is 2. The highest BCUT2D eigenvalue weighted by atomic mass is 79.9. The maximum Gasteiger partial charge on any atom is 0.221 e. The number of rotatable bonds is 2. The van der Waals surface area contributed by atoms with Crippen LogP contribution < -0.4 is 11.1 Å². The summed E-state index contributed by atoms with van der Waals surface area (Å²) in [6.07, 6.45) is 1.70. The molecule has 16 heavy (non-hydrogen) atoms. The van der Waals surface area contributed by atoms with Crippen LogP contribution in [-0.2, 0) is 0 Å². The zero-order valence-electron chi connectivity index (χ0n) is 8.74. The SMILES string of the molecule is Cc1cnc(N)nc1Nc1ccc(Br)cc1. The molecule has 0 aliphatic carbocycles. The lowest BCUT2D eigenvalue weighted by Gasteiger charge is -2.08. The minimum Gasteiger partial charge on any atom is -0.368 e. The molecule has 4 nitrogen and oxygen atoms in total. The fourth-order valence-electron chi connectivity index (χ4n) is 1.25. The van der Waals surface area contributed by atoms with Crippen LogP contribution in [0.3, 0.4) is 0 Å². The van der Waals surface area contributed by atoms with Crippen molar-refractivity contribution in [1.29, 1.82) is 0 Å². The summed E-state index contributed by atoms with van der Waals surface area (Å²) in [6.45, 7) is 1.93. The number of aromatic nitrogens is 2. The molecule has 1 aromatic heterocycles. The van der Waals surface area contributed by atoms with Crippen molar-refractivity contribution in [2.75, 3.05) is 11.1 Å². The fourth-order valence-corrected chi connectivity index (χ4v) is 1.52. The summed E-state index contributed by atoms with van der Waals surface area (Å²) >= 11 is 3.38. The van der Waals surface area contributed by atoms with E-state index in [1.807, 2.05) is 31.2 Å². The second kappa shape index (κ2) is 4.49. The molecule has 1 aromatic carbocycles. The van der Waals surface area contributed by atoms with Crippen LogP contribution in [0.15, 0.2) is 34.9 Å². The standard InChI is InChI=1S/C11H11BrN4/c1-7-6-14-11(13)16-10(7)15-9-4-2-8(12)3-5-9/h2-6H,1H3,(H3,13,14,15,16). The average molecular weight is 279 g/mol. The third-order valence-electron chi connectivity index (χ3n) is 2.10. The van der Waals surface area contributed by atoms with E-state index >= 15 is 0 Å². The summed E-state index contributed by atoms with van der Waals surface area (Å²) < 4.78 is 1.04. The molecule has 1 heterocycles. The van der Waals surface area contributed by atoms with Crippen LogP contribution in [0.1, 0.15) is 5.56 Å². The third kappa shape index (κ3) is 2.49. The van der Waals surface area contributed by atoms with Gasteiger partial charge in [-0.15, -0.1) is 0 Å². The van der Waals surface area contributed by atoms with Gasteiger partial charge in [0.25, 0.3) is 0 Å². The first kappa shape index (κ1) is 10.9. The first-order valence-corrected chi connectivity index (χ1v) is 5.56. The Kier molecular flexibility index (Phi) is 3.05. The molecule has 5 heteroatoms. The van der Waals surface area contributed by atoms with Gasteiger partial charge in [0.1, 0.15) is 5.82 Å². The lowest BCUT2D eigenvalue weighted by molar-refractivity contribution is 1.15. The molecule has 0 bridgehead atoms. The minimum atomic E-state index is 0.269. The van der Waals surface area contributed by atoms with Crippen molar-refractivity contribution in [3.63, 3.8) is 0 Å². The molecular weight excluding hydrogens is 268 g/mol. The van der Waals surface area contributed by atoms with Gasteiger partial charge >= 0.3 is 0 Å². The van der Waals surface area contributed by atoms with E-state index in [0.717, 1.165) is 21.5 Å². The lowest BCUT2D eigenvalue weighted by Crippen LogP contribution is -2.01. The Hall–Kier alpha value is -1.62. The van der Waals surface area contributed by atoms with Crippen LogP contribution in [0, 0.1) is 6.92 Å². The summed E-state index contributed by atoms with van der Waals surface area (Å²) in [5.41, 5.74) is 7.45. The number of hydrogen-bond acceptors (Lipinski definition) is 4. The van der Waals surface area contributed by atoms with E-state index in [9.17, 15) is 0 Å². The zero-order chi connectivity index (χ0) is 11.5. The van der Waals surface area contributed by atoms with Crippen LogP contribution in [0.25, 0.3) is 0 Å². The molecule has 0 amide bonds. The van der Waals surface area contributed by atoms with Gasteiger partial charge in [0.05, 0.1) is 0 Å². The minimum absolute atomic E-state index is 0.269. The Morgan fingerprint density at radius 2 is 1.94 bits per heavy atom. The molecule has 0 aliphatic rings. The highest BCUT2D eigenvalue weighted by Crippen LogP contribution is 2.20. The van der Waals surface area contributed by atoms with Crippen LogP contribution in [0.2, 0.25) is 0 Å². The Bertz CT molecular complexity index is 496. The third-order valence-corrected chi connectivity index (χ3v) is 2.63. The largest absolute Gasteiger partial charge is 0.368 e. The van der Waals surface area contributed by atoms with Gasteiger partial charge in [-0.05, 0) is 31.2 Å². The molecule has 2 aromatic rings. The van der Waals surface area contributed by atoms with Gasteiger partial charge in [0.2, 0.25) is 5.95 Å². The lowest BCUT2D eigenvalue weighted by atomic mass is 10.3. The van der Waals surface area contributed by atoms with Crippen molar-refractivity contribution < 1.29 is 0 Å². The summed E-state index contributed by atoms with van der Waals surface area (Å²) in [4.78, 5) is 8.05. The average Bonchev–Trinajstić information content (AvgIpc) is 2.27. The van der Waals surface area contributed by atoms with Gasteiger partial charge in [-0.1, -0.05) is 15.9 Å². The molecule has 3 N–H and O–H groups in total. The molecule has 0 atom stereocenters. The van der Waals surface area contributed by atoms with E-state index in [1.54, 1.807) is 6.20 Å². The van der Waals surface area contributed by atoms with Crippen molar-refractivity contribution >= 4 is 33.4 Å². The Labute approximate surface area is 102 Å². The van der Waals surface area contributed by atoms with Gasteiger partial charge in [-0.3, -0.25) is 0 Å². The number of anilines is 3. The number of nitrogens with two attached hydrogens (primary N) is 1. The molecule has 0 unspecified atom stereocenters. The molecule has 0 saturated carbocycles. The first-order valence-electron chi connectivity index (χ1n) is 4.77. The summed E-state index contributed by atoms with van der Waals surface area (Å²) in [7, 11) is 0. The van der Waals surface area contributed by atoms with Gasteiger partial charge in [0.15, 0.2) is 0 Å². The molecule has 0 saturated heterocycles. The Morgan fingerprint density at radius 1 is 1.25 bits per heavy atom. The normalized spacial score (nSPS) is 10.1. The van der Waals surface area contributed by atoms with Crippen molar-refractivity contribution in [3.8, 4) is 0 Å². The van der Waals surface area contributed by atoms with Gasteiger partial charge in [-0.25, -0.2) is 4.98 Å². The van der Waals surface area contributed by atoms with Crippen LogP contribution in [0.5, 0.6) is 0 Å². The van der Waals surface area contributed by atoms with Crippen molar-refractivity contribution in [1.82, 2.24) is 9.97 Å². The number of nitrogen functional groups attached to an aromatic ring is 1. The zero-order valence-corrected chi connectivity index (χ0v) is 10.3. The highest BCUT2D eigenvalue weighted by molar-refractivity contribution is 9.10. The number of nitrogens with zero attached hydrogens (tertiary/aromatic N) is 2. The topological polar surface area (TPSA) is 63.8 Å². The van der Waals surface area contributed by atoms with Crippen LogP contribution in [0.4, 0.5) is 17.5 Å². The molecule has 0 radical (unpaired) electrons. The van der Waals surface area contributed by atoms with Crippen molar-refractivity contribution in [2.24, 2.45) is 0 Å².